The van der Waals surface area contributed by atoms with E-state index in [-0.39, 0.29) is 17.6 Å². The molecule has 0 radical (unpaired) electrons. The van der Waals surface area contributed by atoms with E-state index in [9.17, 15) is 9.18 Å². The summed E-state index contributed by atoms with van der Waals surface area (Å²) in [6.45, 7) is 5.31. The molecule has 1 aromatic carbocycles. The molecule has 138 valence electrons. The average molecular weight is 349 g/mol. The van der Waals surface area contributed by atoms with Gasteiger partial charge >= 0.3 is 0 Å². The Morgan fingerprint density at radius 1 is 1.24 bits per heavy atom. The molecule has 2 fully saturated rings. The van der Waals surface area contributed by atoms with Crippen molar-refractivity contribution in [2.45, 2.75) is 25.4 Å². The first-order valence-electron chi connectivity index (χ1n) is 9.16. The highest BCUT2D eigenvalue weighted by molar-refractivity contribution is 5.78. The number of rotatable bonds is 4. The monoisotopic (exact) mass is 349 g/mol. The SMILES string of the molecule is CNC(=O)[C@H]1CN(Cc2ccccc2F)CCN(C2CCOCC2)C1. The second-order valence-corrected chi connectivity index (χ2v) is 6.98. The van der Waals surface area contributed by atoms with Crippen molar-refractivity contribution in [1.29, 1.82) is 0 Å². The van der Waals surface area contributed by atoms with E-state index in [2.05, 4.69) is 15.1 Å². The third-order valence-electron chi connectivity index (χ3n) is 5.31. The number of halogens is 1. The second-order valence-electron chi connectivity index (χ2n) is 6.98. The van der Waals surface area contributed by atoms with Gasteiger partial charge in [-0.1, -0.05) is 18.2 Å². The highest BCUT2D eigenvalue weighted by Gasteiger charge is 2.31. The maximum absolute atomic E-state index is 14.0. The molecule has 1 atom stereocenters. The normalized spacial score (nSPS) is 24.0. The summed E-state index contributed by atoms with van der Waals surface area (Å²) in [5.41, 5.74) is 0.692. The summed E-state index contributed by atoms with van der Waals surface area (Å²) in [7, 11) is 1.69. The molecule has 0 bridgehead atoms. The van der Waals surface area contributed by atoms with Gasteiger partial charge in [0, 0.05) is 64.6 Å². The van der Waals surface area contributed by atoms with Gasteiger partial charge < -0.3 is 10.1 Å². The van der Waals surface area contributed by atoms with E-state index in [0.717, 1.165) is 45.7 Å². The zero-order chi connectivity index (χ0) is 17.6. The van der Waals surface area contributed by atoms with Crippen molar-refractivity contribution >= 4 is 5.91 Å². The molecule has 0 spiro atoms. The Labute approximate surface area is 149 Å². The minimum Gasteiger partial charge on any atom is -0.381 e. The maximum Gasteiger partial charge on any atom is 0.225 e. The van der Waals surface area contributed by atoms with E-state index in [0.29, 0.717) is 24.7 Å². The van der Waals surface area contributed by atoms with Crippen LogP contribution in [0.1, 0.15) is 18.4 Å². The number of hydrogen-bond acceptors (Lipinski definition) is 4. The Kier molecular flexibility index (Phi) is 6.39. The molecule has 2 saturated heterocycles. The number of ether oxygens (including phenoxy) is 1. The van der Waals surface area contributed by atoms with E-state index in [1.165, 1.54) is 6.07 Å². The molecule has 1 aromatic rings. The van der Waals surface area contributed by atoms with E-state index in [4.69, 9.17) is 4.74 Å². The summed E-state index contributed by atoms with van der Waals surface area (Å²) >= 11 is 0. The molecule has 1 amide bonds. The summed E-state index contributed by atoms with van der Waals surface area (Å²) in [5.74, 6) is -0.205. The van der Waals surface area contributed by atoms with Gasteiger partial charge in [-0.25, -0.2) is 4.39 Å². The van der Waals surface area contributed by atoms with Gasteiger partial charge in [0.2, 0.25) is 5.91 Å². The first kappa shape index (κ1) is 18.3. The minimum absolute atomic E-state index is 0.0671. The van der Waals surface area contributed by atoms with E-state index in [1.807, 2.05) is 12.1 Å². The van der Waals surface area contributed by atoms with Crippen molar-refractivity contribution in [2.24, 2.45) is 5.92 Å². The quantitative estimate of drug-likeness (QED) is 0.894. The Hall–Kier alpha value is -1.50. The number of carbonyl (C=O) groups excluding carboxylic acids is 1. The first-order chi connectivity index (χ1) is 12.2. The summed E-state index contributed by atoms with van der Waals surface area (Å²) in [4.78, 5) is 17.0. The molecule has 1 N–H and O–H groups in total. The zero-order valence-electron chi connectivity index (χ0n) is 14.9. The van der Waals surface area contributed by atoms with Crippen LogP contribution in [0.3, 0.4) is 0 Å². The van der Waals surface area contributed by atoms with Gasteiger partial charge in [-0.3, -0.25) is 14.6 Å². The predicted octanol–water partition coefficient (Wildman–Crippen LogP) is 1.48. The van der Waals surface area contributed by atoms with Crippen LogP contribution in [0.4, 0.5) is 4.39 Å². The molecule has 0 saturated carbocycles. The van der Waals surface area contributed by atoms with Gasteiger partial charge in [0.15, 0.2) is 0 Å². The smallest absolute Gasteiger partial charge is 0.225 e. The molecule has 2 heterocycles. The lowest BCUT2D eigenvalue weighted by atomic mass is 10.0. The number of carbonyl (C=O) groups is 1. The standard InChI is InChI=1S/C19H28FN3O2/c1-21-19(24)16-13-22(12-15-4-2-3-5-18(15)20)8-9-23(14-16)17-6-10-25-11-7-17/h2-5,16-17H,6-14H2,1H3,(H,21,24)/t16-/m0/s1. The molecule has 2 aliphatic rings. The number of benzene rings is 1. The molecule has 0 aliphatic carbocycles. The van der Waals surface area contributed by atoms with Crippen LogP contribution in [0, 0.1) is 11.7 Å². The van der Waals surface area contributed by atoms with Crippen LogP contribution in [0.25, 0.3) is 0 Å². The van der Waals surface area contributed by atoms with E-state index in [1.54, 1.807) is 13.1 Å². The third kappa shape index (κ3) is 4.77. The predicted molar refractivity (Wildman–Crippen MR) is 94.6 cm³/mol. The number of amides is 1. The van der Waals surface area contributed by atoms with Crippen molar-refractivity contribution in [1.82, 2.24) is 15.1 Å². The maximum atomic E-state index is 14.0. The molecule has 0 unspecified atom stereocenters. The van der Waals surface area contributed by atoms with Crippen LogP contribution in [-0.4, -0.2) is 68.2 Å². The molecular weight excluding hydrogens is 321 g/mol. The minimum atomic E-state index is -0.176. The number of hydrogen-bond donors (Lipinski definition) is 1. The van der Waals surface area contributed by atoms with E-state index >= 15 is 0 Å². The molecule has 2 aliphatic heterocycles. The fourth-order valence-corrected chi connectivity index (χ4v) is 3.87. The molecule has 25 heavy (non-hydrogen) atoms. The summed E-state index contributed by atoms with van der Waals surface area (Å²) in [6, 6.07) is 7.38. The van der Waals surface area contributed by atoms with Crippen molar-refractivity contribution in [3.63, 3.8) is 0 Å². The molecular formula is C19H28FN3O2. The summed E-state index contributed by atoms with van der Waals surface area (Å²) in [6.07, 6.45) is 2.04. The van der Waals surface area contributed by atoms with Crippen LogP contribution in [-0.2, 0) is 16.1 Å². The topological polar surface area (TPSA) is 44.8 Å². The molecule has 3 rings (SSSR count). The van der Waals surface area contributed by atoms with Crippen LogP contribution >= 0.6 is 0 Å². The van der Waals surface area contributed by atoms with Gasteiger partial charge in [0.25, 0.3) is 0 Å². The van der Waals surface area contributed by atoms with Crippen LogP contribution in [0.15, 0.2) is 24.3 Å². The molecule has 6 heteroatoms. The Bertz CT molecular complexity index is 578. The average Bonchev–Trinajstić information content (AvgIpc) is 2.86. The third-order valence-corrected chi connectivity index (χ3v) is 5.31. The highest BCUT2D eigenvalue weighted by Crippen LogP contribution is 2.21. The zero-order valence-corrected chi connectivity index (χ0v) is 14.9. The lowest BCUT2D eigenvalue weighted by Crippen LogP contribution is -2.45. The van der Waals surface area contributed by atoms with Crippen molar-refractivity contribution in [3.05, 3.63) is 35.6 Å². The van der Waals surface area contributed by atoms with Crippen molar-refractivity contribution in [3.8, 4) is 0 Å². The lowest BCUT2D eigenvalue weighted by molar-refractivity contribution is -0.125. The Balaban J connectivity index is 1.70. The summed E-state index contributed by atoms with van der Waals surface area (Å²) in [5, 5.41) is 2.79. The Morgan fingerprint density at radius 2 is 2.00 bits per heavy atom. The van der Waals surface area contributed by atoms with E-state index < -0.39 is 0 Å². The number of nitrogens with zero attached hydrogens (tertiary/aromatic N) is 2. The van der Waals surface area contributed by atoms with Crippen molar-refractivity contribution < 1.29 is 13.9 Å². The fraction of sp³-hybridized carbons (Fsp3) is 0.632. The highest BCUT2D eigenvalue weighted by atomic mass is 19.1. The van der Waals surface area contributed by atoms with Gasteiger partial charge in [0.05, 0.1) is 5.92 Å². The molecule has 5 nitrogen and oxygen atoms in total. The fourth-order valence-electron chi connectivity index (χ4n) is 3.87. The van der Waals surface area contributed by atoms with Gasteiger partial charge in [0.1, 0.15) is 5.82 Å². The summed E-state index contributed by atoms with van der Waals surface area (Å²) < 4.78 is 19.5. The van der Waals surface area contributed by atoms with Crippen molar-refractivity contribution in [2.75, 3.05) is 46.4 Å². The second kappa shape index (κ2) is 8.74. The number of nitrogens with one attached hydrogen (secondary N) is 1. The molecule has 0 aromatic heterocycles. The Morgan fingerprint density at radius 3 is 2.72 bits per heavy atom. The van der Waals surface area contributed by atoms with Gasteiger partial charge in [-0.2, -0.15) is 0 Å². The van der Waals surface area contributed by atoms with Gasteiger partial charge in [-0.15, -0.1) is 0 Å². The first-order valence-corrected chi connectivity index (χ1v) is 9.16. The largest absolute Gasteiger partial charge is 0.381 e. The van der Waals surface area contributed by atoms with Crippen LogP contribution < -0.4 is 5.32 Å². The van der Waals surface area contributed by atoms with Crippen LogP contribution in [0.2, 0.25) is 0 Å². The lowest BCUT2D eigenvalue weighted by Gasteiger charge is -2.34. The van der Waals surface area contributed by atoms with Crippen LogP contribution in [0.5, 0.6) is 0 Å². The van der Waals surface area contributed by atoms with Gasteiger partial charge in [-0.05, 0) is 18.9 Å².